The van der Waals surface area contributed by atoms with E-state index in [1.807, 2.05) is 6.07 Å². The highest BCUT2D eigenvalue weighted by Gasteiger charge is 2.23. The summed E-state index contributed by atoms with van der Waals surface area (Å²) < 4.78 is 5.46. The van der Waals surface area contributed by atoms with Gasteiger partial charge in [-0.25, -0.2) is 4.79 Å². The molecule has 2 aromatic carbocycles. The molecule has 2 N–H and O–H groups in total. The second kappa shape index (κ2) is 7.02. The Hall–Kier alpha value is -2.49. The van der Waals surface area contributed by atoms with E-state index in [-0.39, 0.29) is 22.3 Å². The van der Waals surface area contributed by atoms with Crippen LogP contribution < -0.4 is 5.63 Å². The molecule has 0 spiro atoms. The van der Waals surface area contributed by atoms with Crippen LogP contribution in [0.2, 0.25) is 0 Å². The van der Waals surface area contributed by atoms with Crippen LogP contribution in [0.5, 0.6) is 11.5 Å². The fourth-order valence-corrected chi connectivity index (χ4v) is 3.55. The third-order valence-electron chi connectivity index (χ3n) is 5.21. The largest absolute Gasteiger partial charge is 0.508 e. The van der Waals surface area contributed by atoms with E-state index in [9.17, 15) is 15.0 Å². The highest BCUT2D eigenvalue weighted by atomic mass is 16.4. The van der Waals surface area contributed by atoms with Crippen LogP contribution in [0.25, 0.3) is 21.7 Å². The van der Waals surface area contributed by atoms with Gasteiger partial charge in [-0.1, -0.05) is 46.5 Å². The van der Waals surface area contributed by atoms with E-state index in [0.717, 1.165) is 18.4 Å². The zero-order valence-electron chi connectivity index (χ0n) is 15.6. The maximum atomic E-state index is 12.3. The molecule has 0 radical (unpaired) electrons. The first-order chi connectivity index (χ1) is 12.3. The molecule has 0 unspecified atom stereocenters. The van der Waals surface area contributed by atoms with Crippen molar-refractivity contribution in [2.75, 3.05) is 0 Å². The predicted molar refractivity (Wildman–Crippen MR) is 105 cm³/mol. The summed E-state index contributed by atoms with van der Waals surface area (Å²) in [5.74, 6) is 0.0899. The number of unbranched alkanes of at least 4 members (excludes halogenated alkanes) is 3. The molecule has 0 atom stereocenters. The summed E-state index contributed by atoms with van der Waals surface area (Å²) in [7, 11) is 0. The Morgan fingerprint density at radius 1 is 1.00 bits per heavy atom. The van der Waals surface area contributed by atoms with Crippen molar-refractivity contribution in [3.05, 3.63) is 46.3 Å². The number of phenols is 2. The van der Waals surface area contributed by atoms with Gasteiger partial charge in [0.1, 0.15) is 17.1 Å². The molecule has 26 heavy (non-hydrogen) atoms. The summed E-state index contributed by atoms with van der Waals surface area (Å²) in [6, 6.07) is 8.15. The Morgan fingerprint density at radius 2 is 1.77 bits per heavy atom. The van der Waals surface area contributed by atoms with Crippen molar-refractivity contribution >= 4 is 21.7 Å². The SMILES string of the molecule is CCCCCCC(C)(C)c1cc(O)c2c(c1)oc(=O)c1cc(O)ccc12. The molecule has 138 valence electrons. The zero-order valence-corrected chi connectivity index (χ0v) is 15.6. The van der Waals surface area contributed by atoms with E-state index in [1.54, 1.807) is 12.1 Å². The summed E-state index contributed by atoms with van der Waals surface area (Å²) in [6.07, 6.45) is 5.75. The standard InChI is InChI=1S/C22H26O4/c1-4-5-6-7-10-22(2,3)14-11-18(24)20-16-9-8-15(23)13-17(16)21(25)26-19(20)12-14/h8-9,11-13,23-24H,4-7,10H2,1-3H3. The van der Waals surface area contributed by atoms with Gasteiger partial charge < -0.3 is 14.6 Å². The van der Waals surface area contributed by atoms with Gasteiger partial charge in [-0.2, -0.15) is 0 Å². The molecule has 4 heteroatoms. The van der Waals surface area contributed by atoms with Gasteiger partial charge in [-0.05, 0) is 47.7 Å². The number of hydrogen-bond acceptors (Lipinski definition) is 4. The number of fused-ring (bicyclic) bond motifs is 3. The van der Waals surface area contributed by atoms with E-state index in [0.29, 0.717) is 16.4 Å². The molecule has 0 aliphatic rings. The Balaban J connectivity index is 2.09. The Labute approximate surface area is 153 Å². The van der Waals surface area contributed by atoms with E-state index in [1.165, 1.54) is 31.4 Å². The smallest absolute Gasteiger partial charge is 0.344 e. The van der Waals surface area contributed by atoms with Gasteiger partial charge in [0.15, 0.2) is 0 Å². The molecule has 0 saturated heterocycles. The number of rotatable bonds is 6. The molecule has 4 nitrogen and oxygen atoms in total. The van der Waals surface area contributed by atoms with Gasteiger partial charge >= 0.3 is 5.63 Å². The Bertz CT molecular complexity index is 998. The van der Waals surface area contributed by atoms with Gasteiger partial charge in [0.05, 0.1) is 10.8 Å². The van der Waals surface area contributed by atoms with Gasteiger partial charge in [-0.15, -0.1) is 0 Å². The van der Waals surface area contributed by atoms with Crippen molar-refractivity contribution in [2.45, 2.75) is 58.3 Å². The number of phenolic OH excluding ortho intramolecular Hbond substituents is 2. The molecule has 0 fully saturated rings. The number of benzene rings is 2. The van der Waals surface area contributed by atoms with Crippen LogP contribution in [0, 0.1) is 0 Å². The molecule has 1 aromatic heterocycles. The van der Waals surface area contributed by atoms with Crippen LogP contribution in [-0.2, 0) is 5.41 Å². The van der Waals surface area contributed by atoms with Gasteiger partial charge in [-0.3, -0.25) is 0 Å². The fraction of sp³-hybridized carbons (Fsp3) is 0.409. The molecule has 3 aromatic rings. The van der Waals surface area contributed by atoms with Crippen molar-refractivity contribution in [1.82, 2.24) is 0 Å². The quantitative estimate of drug-likeness (QED) is 0.343. The molecule has 0 aliphatic carbocycles. The normalized spacial score (nSPS) is 12.1. The molecular formula is C22H26O4. The summed E-state index contributed by atoms with van der Waals surface area (Å²) in [4.78, 5) is 12.3. The minimum absolute atomic E-state index is 0.00604. The second-order valence-electron chi connectivity index (χ2n) is 7.68. The summed E-state index contributed by atoms with van der Waals surface area (Å²) >= 11 is 0. The van der Waals surface area contributed by atoms with Crippen LogP contribution in [0.3, 0.4) is 0 Å². The van der Waals surface area contributed by atoms with Crippen LogP contribution in [-0.4, -0.2) is 10.2 Å². The van der Waals surface area contributed by atoms with Gasteiger partial charge in [0.2, 0.25) is 0 Å². The lowest BCUT2D eigenvalue weighted by atomic mass is 9.79. The van der Waals surface area contributed by atoms with E-state index < -0.39 is 5.63 Å². The average molecular weight is 354 g/mol. The molecule has 0 saturated carbocycles. The summed E-state index contributed by atoms with van der Waals surface area (Å²) in [5.41, 5.74) is 0.702. The first-order valence-electron chi connectivity index (χ1n) is 9.26. The first kappa shape index (κ1) is 18.3. The lowest BCUT2D eigenvalue weighted by Gasteiger charge is -2.26. The Morgan fingerprint density at radius 3 is 2.50 bits per heavy atom. The maximum absolute atomic E-state index is 12.3. The zero-order chi connectivity index (χ0) is 18.9. The topological polar surface area (TPSA) is 70.7 Å². The predicted octanol–water partition coefficient (Wildman–Crippen LogP) is 5.61. The second-order valence-corrected chi connectivity index (χ2v) is 7.68. The van der Waals surface area contributed by atoms with E-state index >= 15 is 0 Å². The van der Waals surface area contributed by atoms with E-state index in [2.05, 4.69) is 20.8 Å². The molecular weight excluding hydrogens is 328 g/mol. The third-order valence-corrected chi connectivity index (χ3v) is 5.21. The van der Waals surface area contributed by atoms with Crippen molar-refractivity contribution in [2.24, 2.45) is 0 Å². The first-order valence-corrected chi connectivity index (χ1v) is 9.26. The highest BCUT2D eigenvalue weighted by Crippen LogP contribution is 2.38. The van der Waals surface area contributed by atoms with E-state index in [4.69, 9.17) is 4.42 Å². The van der Waals surface area contributed by atoms with Crippen LogP contribution in [0.4, 0.5) is 0 Å². The average Bonchev–Trinajstić information content (AvgIpc) is 2.58. The lowest BCUT2D eigenvalue weighted by molar-refractivity contribution is 0.437. The minimum Gasteiger partial charge on any atom is -0.508 e. The Kier molecular flexibility index (Phi) is 4.94. The van der Waals surface area contributed by atoms with Crippen molar-refractivity contribution in [3.63, 3.8) is 0 Å². The third kappa shape index (κ3) is 3.41. The van der Waals surface area contributed by atoms with Crippen LogP contribution in [0.15, 0.2) is 39.5 Å². The molecule has 1 heterocycles. The van der Waals surface area contributed by atoms with Crippen molar-refractivity contribution in [3.8, 4) is 11.5 Å². The number of aromatic hydroxyl groups is 2. The maximum Gasteiger partial charge on any atom is 0.344 e. The van der Waals surface area contributed by atoms with Crippen LogP contribution >= 0.6 is 0 Å². The minimum atomic E-state index is -0.513. The monoisotopic (exact) mass is 354 g/mol. The molecule has 0 bridgehead atoms. The summed E-state index contributed by atoms with van der Waals surface area (Å²) in [6.45, 7) is 6.49. The van der Waals surface area contributed by atoms with Crippen LogP contribution in [0.1, 0.15) is 58.4 Å². The van der Waals surface area contributed by atoms with Crippen molar-refractivity contribution < 1.29 is 14.6 Å². The molecule has 0 amide bonds. The van der Waals surface area contributed by atoms with Gasteiger partial charge in [0, 0.05) is 5.39 Å². The lowest BCUT2D eigenvalue weighted by Crippen LogP contribution is -2.17. The van der Waals surface area contributed by atoms with Gasteiger partial charge in [0.25, 0.3) is 0 Å². The van der Waals surface area contributed by atoms with Crippen molar-refractivity contribution in [1.29, 1.82) is 0 Å². The highest BCUT2D eigenvalue weighted by molar-refractivity contribution is 6.08. The fourth-order valence-electron chi connectivity index (χ4n) is 3.55. The molecule has 3 rings (SSSR count). The molecule has 0 aliphatic heterocycles. The summed E-state index contributed by atoms with van der Waals surface area (Å²) in [5, 5.41) is 21.6. The number of hydrogen-bond donors (Lipinski definition) is 2.